The van der Waals surface area contributed by atoms with Gasteiger partial charge in [-0.05, 0) is 25.0 Å². The van der Waals surface area contributed by atoms with E-state index in [1.54, 1.807) is 36.8 Å². The molecule has 1 aliphatic carbocycles. The normalized spacial score (nSPS) is 14.2. The maximum absolute atomic E-state index is 12.7. The smallest absolute Gasteiger partial charge is 0.273 e. The maximum atomic E-state index is 12.7. The number of amides is 2. The molecule has 12 nitrogen and oxygen atoms in total. The molecular formula is C24H22N8O4. The molecule has 3 heterocycles. The van der Waals surface area contributed by atoms with Crippen molar-refractivity contribution >= 4 is 29.0 Å². The molecular weight excluding hydrogens is 464 g/mol. The lowest BCUT2D eigenvalue weighted by atomic mass is 10.1. The lowest BCUT2D eigenvalue weighted by molar-refractivity contribution is -0.117. The fraction of sp³-hybridized carbons (Fsp3) is 0.208. The highest BCUT2D eigenvalue weighted by Crippen LogP contribution is 2.37. The third-order valence-corrected chi connectivity index (χ3v) is 5.47. The number of carbonyl (C=O) groups is 2. The van der Waals surface area contributed by atoms with E-state index < -0.39 is 12.9 Å². The third-order valence-electron chi connectivity index (χ3n) is 5.47. The molecule has 0 atom stereocenters. The standard InChI is InChI=1S/C24H22N8O4/c1-25-24(34)20-18(8-19(31-32-20)30-23(33)13-6-7-13)29-17-5-3-4-16(21(17)35-2)22-26-9-14(10-27-22)15-11-28-36-12-15/h3-5,8-13H,6-7H2,1-2H3,(H,25,34)(H2,29,30,31,33)/i1D3. The molecule has 5 rings (SSSR count). The van der Waals surface area contributed by atoms with Crippen molar-refractivity contribution in [2.24, 2.45) is 5.92 Å². The average molecular weight is 490 g/mol. The monoisotopic (exact) mass is 489 g/mol. The van der Waals surface area contributed by atoms with Crippen LogP contribution in [0, 0.1) is 5.92 Å². The molecule has 36 heavy (non-hydrogen) atoms. The van der Waals surface area contributed by atoms with Gasteiger partial charge in [-0.15, -0.1) is 10.2 Å². The Morgan fingerprint density at radius 3 is 2.64 bits per heavy atom. The van der Waals surface area contributed by atoms with E-state index in [9.17, 15) is 9.59 Å². The first kappa shape index (κ1) is 19.4. The van der Waals surface area contributed by atoms with Gasteiger partial charge >= 0.3 is 0 Å². The minimum Gasteiger partial charge on any atom is -0.494 e. The number of nitrogens with one attached hydrogen (secondary N) is 3. The number of anilines is 3. The van der Waals surface area contributed by atoms with Crippen molar-refractivity contribution in [3.05, 3.63) is 54.8 Å². The number of rotatable bonds is 8. The number of aromatic nitrogens is 5. The van der Waals surface area contributed by atoms with E-state index in [0.29, 0.717) is 28.4 Å². The summed E-state index contributed by atoms with van der Waals surface area (Å²) in [6.07, 6.45) is 7.84. The van der Waals surface area contributed by atoms with Gasteiger partial charge in [0.15, 0.2) is 23.1 Å². The van der Waals surface area contributed by atoms with Crippen LogP contribution in [0.15, 0.2) is 53.6 Å². The van der Waals surface area contributed by atoms with E-state index in [1.807, 2.05) is 5.32 Å². The first-order chi connectivity index (χ1) is 18.7. The molecule has 0 unspecified atom stereocenters. The molecule has 4 aromatic rings. The van der Waals surface area contributed by atoms with Gasteiger partial charge in [0.25, 0.3) is 5.91 Å². The van der Waals surface area contributed by atoms with Crippen molar-refractivity contribution in [1.82, 2.24) is 30.6 Å². The van der Waals surface area contributed by atoms with Gasteiger partial charge in [0.2, 0.25) is 5.91 Å². The summed E-state index contributed by atoms with van der Waals surface area (Å²) in [6.45, 7) is -2.75. The van der Waals surface area contributed by atoms with Crippen LogP contribution in [-0.4, -0.2) is 51.2 Å². The molecule has 1 aliphatic rings. The second kappa shape index (κ2) is 9.78. The molecule has 0 radical (unpaired) electrons. The number of ether oxygens (including phenoxy) is 1. The molecule has 1 aromatic carbocycles. The summed E-state index contributed by atoms with van der Waals surface area (Å²) in [5.41, 5.74) is 2.17. The SMILES string of the molecule is [2H]C([2H])([2H])NC(=O)c1nnc(NC(=O)C2CC2)cc1Nc1cccc(-c2ncc(-c3cnoc3)cn2)c1OC. The van der Waals surface area contributed by atoms with Gasteiger partial charge in [0, 0.05) is 46.6 Å². The Labute approximate surface area is 209 Å². The van der Waals surface area contributed by atoms with Crippen molar-refractivity contribution in [3.8, 4) is 28.3 Å². The highest BCUT2D eigenvalue weighted by molar-refractivity contribution is 6.00. The summed E-state index contributed by atoms with van der Waals surface area (Å²) in [5, 5.41) is 19.1. The fourth-order valence-electron chi connectivity index (χ4n) is 3.49. The highest BCUT2D eigenvalue weighted by atomic mass is 16.5. The summed E-state index contributed by atoms with van der Waals surface area (Å²) in [6, 6.07) is 6.57. The zero-order chi connectivity index (χ0) is 27.6. The minimum absolute atomic E-state index is 0.0883. The van der Waals surface area contributed by atoms with Gasteiger partial charge in [0.1, 0.15) is 6.26 Å². The number of hydrogen-bond donors (Lipinski definition) is 3. The summed E-state index contributed by atoms with van der Waals surface area (Å²) in [5.74, 6) is -0.467. The van der Waals surface area contributed by atoms with Crippen molar-refractivity contribution in [3.63, 3.8) is 0 Å². The molecule has 0 spiro atoms. The fourth-order valence-corrected chi connectivity index (χ4v) is 3.49. The number of hydrogen-bond acceptors (Lipinski definition) is 10. The lowest BCUT2D eigenvalue weighted by Gasteiger charge is -2.16. The van der Waals surface area contributed by atoms with Gasteiger partial charge < -0.3 is 25.2 Å². The summed E-state index contributed by atoms with van der Waals surface area (Å²) in [4.78, 5) is 33.9. The summed E-state index contributed by atoms with van der Waals surface area (Å²) in [7, 11) is 1.46. The second-order valence-corrected chi connectivity index (χ2v) is 7.93. The van der Waals surface area contributed by atoms with Crippen LogP contribution in [0.4, 0.5) is 17.2 Å². The van der Waals surface area contributed by atoms with Gasteiger partial charge in [-0.2, -0.15) is 0 Å². The van der Waals surface area contributed by atoms with Gasteiger partial charge in [-0.3, -0.25) is 9.59 Å². The zero-order valence-electron chi connectivity index (χ0n) is 22.0. The van der Waals surface area contributed by atoms with Crippen LogP contribution in [-0.2, 0) is 4.79 Å². The van der Waals surface area contributed by atoms with E-state index in [-0.39, 0.29) is 29.0 Å². The largest absolute Gasteiger partial charge is 0.494 e. The van der Waals surface area contributed by atoms with E-state index in [1.165, 1.54) is 19.4 Å². The number of benzene rings is 1. The Balaban J connectivity index is 1.49. The molecule has 2 amide bonds. The zero-order valence-corrected chi connectivity index (χ0v) is 19.0. The first-order valence-electron chi connectivity index (χ1n) is 12.4. The van der Waals surface area contributed by atoms with Crippen LogP contribution in [0.5, 0.6) is 5.75 Å². The molecule has 12 heteroatoms. The van der Waals surface area contributed by atoms with Crippen molar-refractivity contribution in [2.45, 2.75) is 12.8 Å². The Morgan fingerprint density at radius 2 is 1.94 bits per heavy atom. The second-order valence-electron chi connectivity index (χ2n) is 7.93. The Bertz CT molecular complexity index is 1510. The van der Waals surface area contributed by atoms with E-state index >= 15 is 0 Å². The molecule has 3 N–H and O–H groups in total. The third kappa shape index (κ3) is 4.69. The number of para-hydroxylation sites is 1. The Morgan fingerprint density at radius 1 is 1.11 bits per heavy atom. The van der Waals surface area contributed by atoms with Crippen LogP contribution >= 0.6 is 0 Å². The summed E-state index contributed by atoms with van der Waals surface area (Å²) >= 11 is 0. The van der Waals surface area contributed by atoms with Gasteiger partial charge in [0.05, 0.1) is 30.2 Å². The molecule has 0 bridgehead atoms. The van der Waals surface area contributed by atoms with Crippen LogP contribution in [0.25, 0.3) is 22.5 Å². The van der Waals surface area contributed by atoms with E-state index in [0.717, 1.165) is 18.4 Å². The molecule has 3 aromatic heterocycles. The Hall–Kier alpha value is -4.87. The van der Waals surface area contributed by atoms with Crippen molar-refractivity contribution in [2.75, 3.05) is 24.7 Å². The molecule has 1 fully saturated rings. The quantitative estimate of drug-likeness (QED) is 0.336. The number of methoxy groups -OCH3 is 1. The van der Waals surface area contributed by atoms with E-state index in [2.05, 4.69) is 36.0 Å². The van der Waals surface area contributed by atoms with E-state index in [4.69, 9.17) is 13.4 Å². The Kier molecular flexibility index (Phi) is 5.28. The lowest BCUT2D eigenvalue weighted by Crippen LogP contribution is -2.22. The van der Waals surface area contributed by atoms with Crippen molar-refractivity contribution in [1.29, 1.82) is 0 Å². The predicted molar refractivity (Wildman–Crippen MR) is 130 cm³/mol. The van der Waals surface area contributed by atoms with Crippen LogP contribution in [0.3, 0.4) is 0 Å². The van der Waals surface area contributed by atoms with Gasteiger partial charge in [-0.1, -0.05) is 11.2 Å². The highest BCUT2D eigenvalue weighted by Gasteiger charge is 2.30. The maximum Gasteiger partial charge on any atom is 0.273 e. The topological polar surface area (TPSA) is 157 Å². The molecule has 0 saturated heterocycles. The molecule has 0 aliphatic heterocycles. The van der Waals surface area contributed by atoms with Crippen LogP contribution in [0.1, 0.15) is 27.4 Å². The molecule has 1 saturated carbocycles. The molecule has 182 valence electrons. The summed E-state index contributed by atoms with van der Waals surface area (Å²) < 4.78 is 32.6. The number of carbonyl (C=O) groups excluding carboxylic acids is 2. The predicted octanol–water partition coefficient (Wildman–Crippen LogP) is 3.05. The average Bonchev–Trinajstić information content (AvgIpc) is 3.62. The van der Waals surface area contributed by atoms with Gasteiger partial charge in [-0.25, -0.2) is 9.97 Å². The van der Waals surface area contributed by atoms with Crippen LogP contribution < -0.4 is 20.7 Å². The van der Waals surface area contributed by atoms with Crippen molar-refractivity contribution < 1.29 is 23.0 Å². The minimum atomic E-state index is -2.75. The van der Waals surface area contributed by atoms with Crippen LogP contribution in [0.2, 0.25) is 0 Å². The number of nitrogens with zero attached hydrogens (tertiary/aromatic N) is 5. The first-order valence-corrected chi connectivity index (χ1v) is 10.9.